The smallest absolute Gasteiger partial charge is 0.410 e. The molecule has 1 amide bonds. The van der Waals surface area contributed by atoms with Crippen LogP contribution in [-0.4, -0.2) is 34.8 Å². The van der Waals surface area contributed by atoms with Crippen molar-refractivity contribution in [3.63, 3.8) is 0 Å². The number of rotatable bonds is 3. The van der Waals surface area contributed by atoms with Crippen LogP contribution >= 0.6 is 0 Å². The van der Waals surface area contributed by atoms with Crippen molar-refractivity contribution < 1.29 is 14.6 Å². The number of ether oxygens (including phenoxy) is 1. The van der Waals surface area contributed by atoms with Crippen LogP contribution < -0.4 is 0 Å². The number of carbonyl (C=O) groups is 1. The molecular formula is C18H25NO3. The maximum atomic E-state index is 12.4. The molecule has 1 N–H and O–H groups in total. The molecular weight excluding hydrogens is 278 g/mol. The van der Waals surface area contributed by atoms with Gasteiger partial charge in [0.15, 0.2) is 0 Å². The summed E-state index contributed by atoms with van der Waals surface area (Å²) in [6.45, 7) is 1.07. The third kappa shape index (κ3) is 3.43. The van der Waals surface area contributed by atoms with Crippen molar-refractivity contribution in [2.45, 2.75) is 57.3 Å². The van der Waals surface area contributed by atoms with Crippen LogP contribution in [0.2, 0.25) is 0 Å². The maximum absolute atomic E-state index is 12.4. The van der Waals surface area contributed by atoms with Gasteiger partial charge in [-0.15, -0.1) is 0 Å². The molecule has 22 heavy (non-hydrogen) atoms. The van der Waals surface area contributed by atoms with Crippen LogP contribution in [0.1, 0.15) is 44.1 Å². The molecule has 1 aliphatic carbocycles. The fourth-order valence-corrected chi connectivity index (χ4v) is 3.86. The number of carbonyl (C=O) groups excluding carboxylic acids is 1. The maximum Gasteiger partial charge on any atom is 0.410 e. The number of amides is 1. The predicted octanol–water partition coefficient (Wildman–Crippen LogP) is 3.34. The molecule has 3 atom stereocenters. The Morgan fingerprint density at radius 3 is 2.68 bits per heavy atom. The standard InChI is InChI=1S/C18H25NO3/c20-17-11-5-4-9-15(17)16-10-6-12-19(16)18(21)22-13-14-7-2-1-3-8-14/h1-3,7-8,15-17,20H,4-6,9-13H2. The van der Waals surface area contributed by atoms with Gasteiger partial charge in [-0.3, -0.25) is 0 Å². The number of likely N-dealkylation sites (tertiary alicyclic amines) is 1. The second kappa shape index (κ2) is 7.14. The molecule has 1 saturated heterocycles. The Balaban J connectivity index is 1.58. The lowest BCUT2D eigenvalue weighted by molar-refractivity contribution is 0.0170. The lowest BCUT2D eigenvalue weighted by atomic mass is 9.80. The minimum absolute atomic E-state index is 0.151. The van der Waals surface area contributed by atoms with Gasteiger partial charge in [-0.2, -0.15) is 0 Å². The molecule has 1 aliphatic heterocycles. The monoisotopic (exact) mass is 303 g/mol. The summed E-state index contributed by atoms with van der Waals surface area (Å²) < 4.78 is 5.47. The van der Waals surface area contributed by atoms with Gasteiger partial charge in [0.25, 0.3) is 0 Å². The van der Waals surface area contributed by atoms with E-state index in [0.29, 0.717) is 6.61 Å². The second-order valence-corrected chi connectivity index (χ2v) is 6.46. The van der Waals surface area contributed by atoms with E-state index in [-0.39, 0.29) is 24.2 Å². The van der Waals surface area contributed by atoms with Crippen molar-refractivity contribution in [3.05, 3.63) is 35.9 Å². The fraction of sp³-hybridized carbons (Fsp3) is 0.611. The molecule has 3 rings (SSSR count). The molecule has 120 valence electrons. The predicted molar refractivity (Wildman–Crippen MR) is 84.3 cm³/mol. The first kappa shape index (κ1) is 15.3. The van der Waals surface area contributed by atoms with E-state index in [1.165, 1.54) is 0 Å². The molecule has 0 radical (unpaired) electrons. The summed E-state index contributed by atoms with van der Waals surface area (Å²) >= 11 is 0. The molecule has 1 aromatic carbocycles. The van der Waals surface area contributed by atoms with Gasteiger partial charge >= 0.3 is 6.09 Å². The van der Waals surface area contributed by atoms with Gasteiger partial charge in [-0.25, -0.2) is 4.79 Å². The molecule has 3 unspecified atom stereocenters. The van der Waals surface area contributed by atoms with Crippen molar-refractivity contribution in [3.8, 4) is 0 Å². The SMILES string of the molecule is O=C(OCc1ccccc1)N1CCCC1C1CCCCC1O. The molecule has 4 nitrogen and oxygen atoms in total. The Labute approximate surface area is 132 Å². The van der Waals surface area contributed by atoms with Crippen LogP contribution in [0, 0.1) is 5.92 Å². The topological polar surface area (TPSA) is 49.8 Å². The summed E-state index contributed by atoms with van der Waals surface area (Å²) in [5.41, 5.74) is 1.00. The fourth-order valence-electron chi connectivity index (χ4n) is 3.86. The summed E-state index contributed by atoms with van der Waals surface area (Å²) in [6.07, 6.45) is 5.65. The van der Waals surface area contributed by atoms with Gasteiger partial charge in [0.05, 0.1) is 6.10 Å². The van der Waals surface area contributed by atoms with Crippen molar-refractivity contribution in [2.75, 3.05) is 6.54 Å². The van der Waals surface area contributed by atoms with E-state index in [9.17, 15) is 9.90 Å². The van der Waals surface area contributed by atoms with Crippen LogP contribution in [0.5, 0.6) is 0 Å². The molecule has 0 aromatic heterocycles. The summed E-state index contributed by atoms with van der Waals surface area (Å²) in [6, 6.07) is 9.91. The van der Waals surface area contributed by atoms with Crippen LogP contribution in [0.4, 0.5) is 4.79 Å². The Bertz CT molecular complexity index is 490. The first-order valence-electron chi connectivity index (χ1n) is 8.41. The highest BCUT2D eigenvalue weighted by molar-refractivity contribution is 5.68. The number of hydrogen-bond acceptors (Lipinski definition) is 3. The molecule has 0 spiro atoms. The zero-order valence-corrected chi connectivity index (χ0v) is 13.0. The third-order valence-electron chi connectivity index (χ3n) is 5.01. The lowest BCUT2D eigenvalue weighted by Crippen LogP contribution is -2.45. The number of benzene rings is 1. The highest BCUT2D eigenvalue weighted by atomic mass is 16.6. The van der Waals surface area contributed by atoms with Crippen molar-refractivity contribution >= 4 is 6.09 Å². The summed E-state index contributed by atoms with van der Waals surface area (Å²) in [5, 5.41) is 10.3. The number of aliphatic hydroxyl groups excluding tert-OH is 1. The average Bonchev–Trinajstić information content (AvgIpc) is 3.03. The molecule has 2 fully saturated rings. The van der Waals surface area contributed by atoms with Crippen molar-refractivity contribution in [1.82, 2.24) is 4.90 Å². The lowest BCUT2D eigenvalue weighted by Gasteiger charge is -2.36. The number of aliphatic hydroxyl groups is 1. The molecule has 1 heterocycles. The van der Waals surface area contributed by atoms with Gasteiger partial charge in [-0.05, 0) is 31.2 Å². The molecule has 2 aliphatic rings. The minimum Gasteiger partial charge on any atom is -0.445 e. The second-order valence-electron chi connectivity index (χ2n) is 6.46. The van der Waals surface area contributed by atoms with E-state index in [2.05, 4.69) is 0 Å². The van der Waals surface area contributed by atoms with Crippen LogP contribution in [0.15, 0.2) is 30.3 Å². The summed E-state index contributed by atoms with van der Waals surface area (Å²) in [4.78, 5) is 14.2. The Kier molecular flexibility index (Phi) is 4.98. The summed E-state index contributed by atoms with van der Waals surface area (Å²) in [5.74, 6) is 0.223. The van der Waals surface area contributed by atoms with Gasteiger partial charge in [-0.1, -0.05) is 43.2 Å². The summed E-state index contributed by atoms with van der Waals surface area (Å²) in [7, 11) is 0. The van der Waals surface area contributed by atoms with E-state index in [1.54, 1.807) is 0 Å². The van der Waals surface area contributed by atoms with Crippen LogP contribution in [-0.2, 0) is 11.3 Å². The largest absolute Gasteiger partial charge is 0.445 e. The highest BCUT2D eigenvalue weighted by Gasteiger charge is 2.39. The van der Waals surface area contributed by atoms with E-state index >= 15 is 0 Å². The zero-order chi connectivity index (χ0) is 15.4. The molecule has 0 bridgehead atoms. The van der Waals surface area contributed by atoms with E-state index in [0.717, 1.165) is 50.6 Å². The average molecular weight is 303 g/mol. The van der Waals surface area contributed by atoms with E-state index < -0.39 is 0 Å². The molecule has 1 saturated carbocycles. The third-order valence-corrected chi connectivity index (χ3v) is 5.01. The van der Waals surface area contributed by atoms with Crippen molar-refractivity contribution in [1.29, 1.82) is 0 Å². The Morgan fingerprint density at radius 1 is 1.14 bits per heavy atom. The quantitative estimate of drug-likeness (QED) is 0.931. The van der Waals surface area contributed by atoms with E-state index in [4.69, 9.17) is 4.74 Å². The zero-order valence-electron chi connectivity index (χ0n) is 13.0. The Hall–Kier alpha value is -1.55. The number of nitrogens with zero attached hydrogens (tertiary/aromatic N) is 1. The molecule has 1 aromatic rings. The minimum atomic E-state index is -0.263. The Morgan fingerprint density at radius 2 is 1.91 bits per heavy atom. The first-order chi connectivity index (χ1) is 10.8. The normalized spacial score (nSPS) is 28.6. The van der Waals surface area contributed by atoms with Gasteiger partial charge < -0.3 is 14.7 Å². The first-order valence-corrected chi connectivity index (χ1v) is 8.41. The van der Waals surface area contributed by atoms with Crippen LogP contribution in [0.3, 0.4) is 0 Å². The van der Waals surface area contributed by atoms with Gasteiger partial charge in [0, 0.05) is 18.5 Å². The van der Waals surface area contributed by atoms with Gasteiger partial charge in [0.1, 0.15) is 6.61 Å². The molecule has 4 heteroatoms. The van der Waals surface area contributed by atoms with Crippen LogP contribution in [0.25, 0.3) is 0 Å². The van der Waals surface area contributed by atoms with E-state index in [1.807, 2.05) is 35.2 Å². The number of hydrogen-bond donors (Lipinski definition) is 1. The van der Waals surface area contributed by atoms with Crippen molar-refractivity contribution in [2.24, 2.45) is 5.92 Å². The highest BCUT2D eigenvalue weighted by Crippen LogP contribution is 2.34. The van der Waals surface area contributed by atoms with Gasteiger partial charge in [0.2, 0.25) is 0 Å².